The first-order valence-electron chi connectivity index (χ1n) is 9.38. The molecule has 0 radical (unpaired) electrons. The first-order chi connectivity index (χ1) is 14.6. The van der Waals surface area contributed by atoms with Gasteiger partial charge in [0, 0.05) is 11.1 Å². The Hall–Kier alpha value is -4.25. The molecular weight excluding hydrogens is 378 g/mol. The number of rotatable bonds is 3. The second-order valence-corrected chi connectivity index (χ2v) is 7.01. The predicted molar refractivity (Wildman–Crippen MR) is 111 cm³/mol. The molecule has 0 aliphatic carbocycles. The highest BCUT2D eigenvalue weighted by Crippen LogP contribution is 2.40. The van der Waals surface area contributed by atoms with Crippen molar-refractivity contribution >= 4 is 34.2 Å². The Morgan fingerprint density at radius 1 is 0.733 bits per heavy atom. The smallest absolute Gasteiger partial charge is 0.266 e. The van der Waals surface area contributed by atoms with Gasteiger partial charge < -0.3 is 9.90 Å². The summed E-state index contributed by atoms with van der Waals surface area (Å²) in [5.74, 6) is -2.55. The Bertz CT molecular complexity index is 1360. The van der Waals surface area contributed by atoms with E-state index in [1.807, 2.05) is 54.6 Å². The third kappa shape index (κ3) is 2.53. The van der Waals surface area contributed by atoms with Crippen LogP contribution in [0.5, 0.6) is 0 Å². The number of carboxylic acids is 1. The molecule has 5 nitrogen and oxygen atoms in total. The predicted octanol–water partition coefficient (Wildman–Crippen LogP) is 3.67. The summed E-state index contributed by atoms with van der Waals surface area (Å²) in [6, 6.07) is 24.5. The molecule has 0 saturated carbocycles. The first kappa shape index (κ1) is 17.8. The lowest BCUT2D eigenvalue weighted by molar-refractivity contribution is -0.254. The molecule has 5 rings (SSSR count). The average Bonchev–Trinajstić information content (AvgIpc) is 3.02. The Balaban J connectivity index is 1.82. The van der Waals surface area contributed by atoms with Crippen molar-refractivity contribution in [2.45, 2.75) is 0 Å². The minimum Gasteiger partial charge on any atom is -0.545 e. The highest BCUT2D eigenvalue weighted by molar-refractivity contribution is 6.38. The molecule has 30 heavy (non-hydrogen) atoms. The molecule has 1 aliphatic heterocycles. The van der Waals surface area contributed by atoms with Gasteiger partial charge in [0.15, 0.2) is 0 Å². The molecular formula is C25H14NO4-. The second-order valence-electron chi connectivity index (χ2n) is 7.01. The molecule has 0 spiro atoms. The second kappa shape index (κ2) is 6.67. The maximum absolute atomic E-state index is 13.5. The summed E-state index contributed by atoms with van der Waals surface area (Å²) in [6.45, 7) is 0. The van der Waals surface area contributed by atoms with Crippen LogP contribution in [0.2, 0.25) is 0 Å². The third-order valence-corrected chi connectivity index (χ3v) is 5.33. The van der Waals surface area contributed by atoms with Crippen molar-refractivity contribution in [1.82, 2.24) is 0 Å². The SMILES string of the molecule is O=C([O-])c1ccccc1N1C(=O)c2cc3ccccc3c(-c3ccccc3)c2C1=O. The van der Waals surface area contributed by atoms with Crippen LogP contribution < -0.4 is 10.0 Å². The summed E-state index contributed by atoms with van der Waals surface area (Å²) in [7, 11) is 0. The zero-order chi connectivity index (χ0) is 20.8. The lowest BCUT2D eigenvalue weighted by Gasteiger charge is -2.18. The van der Waals surface area contributed by atoms with Crippen LogP contribution in [0.15, 0.2) is 84.9 Å². The van der Waals surface area contributed by atoms with Crippen LogP contribution in [0.25, 0.3) is 21.9 Å². The molecule has 0 N–H and O–H groups in total. The molecule has 144 valence electrons. The standard InChI is InChI=1S/C25H15NO4/c27-23-19-14-16-10-4-5-11-17(16)21(15-8-2-1-3-9-15)22(19)24(28)26(23)20-13-7-6-12-18(20)25(29)30/h1-14H,(H,29,30)/p-1. The number of nitrogens with zero attached hydrogens (tertiary/aromatic N) is 1. The molecule has 0 aromatic heterocycles. The topological polar surface area (TPSA) is 77.5 Å². The van der Waals surface area contributed by atoms with Crippen molar-refractivity contribution in [1.29, 1.82) is 0 Å². The van der Waals surface area contributed by atoms with Crippen LogP contribution in [-0.4, -0.2) is 17.8 Å². The Labute approximate surface area is 171 Å². The number of hydrogen-bond donors (Lipinski definition) is 0. The maximum atomic E-state index is 13.5. The number of carbonyl (C=O) groups is 3. The number of para-hydroxylation sites is 1. The summed E-state index contributed by atoms with van der Waals surface area (Å²) in [5.41, 5.74) is 1.80. The summed E-state index contributed by atoms with van der Waals surface area (Å²) >= 11 is 0. The van der Waals surface area contributed by atoms with E-state index in [-0.39, 0.29) is 22.4 Å². The van der Waals surface area contributed by atoms with Crippen molar-refractivity contribution in [3.8, 4) is 11.1 Å². The minimum atomic E-state index is -1.45. The molecule has 1 aliphatic rings. The molecule has 0 saturated heterocycles. The fourth-order valence-corrected chi connectivity index (χ4v) is 4.03. The molecule has 4 aromatic carbocycles. The molecule has 5 heteroatoms. The van der Waals surface area contributed by atoms with Gasteiger partial charge in [0.2, 0.25) is 0 Å². The van der Waals surface area contributed by atoms with Crippen LogP contribution in [0.3, 0.4) is 0 Å². The van der Waals surface area contributed by atoms with Crippen LogP contribution in [-0.2, 0) is 0 Å². The number of carbonyl (C=O) groups excluding carboxylic acids is 3. The highest BCUT2D eigenvalue weighted by Gasteiger charge is 2.40. The van der Waals surface area contributed by atoms with Gasteiger partial charge in [0.05, 0.1) is 22.8 Å². The van der Waals surface area contributed by atoms with Crippen LogP contribution in [0, 0.1) is 0 Å². The van der Waals surface area contributed by atoms with Crippen LogP contribution in [0.1, 0.15) is 31.1 Å². The summed E-state index contributed by atoms with van der Waals surface area (Å²) in [5, 5.41) is 13.3. The molecule has 0 bridgehead atoms. The van der Waals surface area contributed by atoms with E-state index in [4.69, 9.17) is 0 Å². The average molecular weight is 392 g/mol. The summed E-state index contributed by atoms with van der Waals surface area (Å²) in [4.78, 5) is 39.3. The van der Waals surface area contributed by atoms with Crippen LogP contribution >= 0.6 is 0 Å². The normalized spacial score (nSPS) is 13.0. The van der Waals surface area contributed by atoms with E-state index in [9.17, 15) is 19.5 Å². The third-order valence-electron chi connectivity index (χ3n) is 5.33. The van der Waals surface area contributed by atoms with E-state index in [1.165, 1.54) is 18.2 Å². The minimum absolute atomic E-state index is 0.00627. The van der Waals surface area contributed by atoms with Gasteiger partial charge in [-0.3, -0.25) is 9.59 Å². The Morgan fingerprint density at radius 2 is 1.40 bits per heavy atom. The van der Waals surface area contributed by atoms with E-state index in [1.54, 1.807) is 12.1 Å². The molecule has 2 amide bonds. The highest BCUT2D eigenvalue weighted by atomic mass is 16.4. The van der Waals surface area contributed by atoms with Gasteiger partial charge in [-0.15, -0.1) is 0 Å². The molecule has 0 unspecified atom stereocenters. The lowest BCUT2D eigenvalue weighted by Crippen LogP contribution is -2.33. The number of anilines is 1. The summed E-state index contributed by atoms with van der Waals surface area (Å²) < 4.78 is 0. The van der Waals surface area contributed by atoms with Gasteiger partial charge in [-0.2, -0.15) is 0 Å². The largest absolute Gasteiger partial charge is 0.545 e. The number of aromatic carboxylic acids is 1. The molecule has 1 heterocycles. The fraction of sp³-hybridized carbons (Fsp3) is 0. The van der Waals surface area contributed by atoms with Crippen molar-refractivity contribution in [2.75, 3.05) is 4.90 Å². The first-order valence-corrected chi connectivity index (χ1v) is 9.38. The van der Waals surface area contributed by atoms with Crippen LogP contribution in [0.4, 0.5) is 5.69 Å². The van der Waals surface area contributed by atoms with E-state index in [2.05, 4.69) is 0 Å². The number of hydrogen-bond acceptors (Lipinski definition) is 4. The summed E-state index contributed by atoms with van der Waals surface area (Å²) in [6.07, 6.45) is 0. The number of imide groups is 1. The number of carboxylic acid groups (broad SMARTS) is 1. The molecule has 4 aromatic rings. The van der Waals surface area contributed by atoms with Gasteiger partial charge in [-0.25, -0.2) is 4.90 Å². The Morgan fingerprint density at radius 3 is 2.17 bits per heavy atom. The molecule has 0 atom stereocenters. The number of fused-ring (bicyclic) bond motifs is 2. The Kier molecular flexibility index (Phi) is 3.96. The van der Waals surface area contributed by atoms with Gasteiger partial charge in [0.25, 0.3) is 11.8 Å². The van der Waals surface area contributed by atoms with Crippen molar-refractivity contribution in [3.05, 3.63) is 102 Å². The van der Waals surface area contributed by atoms with Crippen molar-refractivity contribution in [3.63, 3.8) is 0 Å². The van der Waals surface area contributed by atoms with Gasteiger partial charge in [-0.05, 0) is 28.5 Å². The number of amides is 2. The van der Waals surface area contributed by atoms with Gasteiger partial charge >= 0.3 is 0 Å². The zero-order valence-electron chi connectivity index (χ0n) is 15.7. The van der Waals surface area contributed by atoms with Gasteiger partial charge in [0.1, 0.15) is 0 Å². The van der Waals surface area contributed by atoms with Crippen molar-refractivity contribution < 1.29 is 19.5 Å². The van der Waals surface area contributed by atoms with Gasteiger partial charge in [-0.1, -0.05) is 72.8 Å². The molecule has 0 fully saturated rings. The quantitative estimate of drug-likeness (QED) is 0.499. The zero-order valence-corrected chi connectivity index (χ0v) is 15.7. The number of benzene rings is 4. The van der Waals surface area contributed by atoms with Crippen molar-refractivity contribution in [2.24, 2.45) is 0 Å². The lowest BCUT2D eigenvalue weighted by atomic mass is 9.90. The van der Waals surface area contributed by atoms with E-state index < -0.39 is 17.8 Å². The monoisotopic (exact) mass is 392 g/mol. The van der Waals surface area contributed by atoms with E-state index in [0.717, 1.165) is 21.2 Å². The van der Waals surface area contributed by atoms with E-state index in [0.29, 0.717) is 5.56 Å². The fourth-order valence-electron chi connectivity index (χ4n) is 4.03. The van der Waals surface area contributed by atoms with E-state index >= 15 is 0 Å². The maximum Gasteiger partial charge on any atom is 0.266 e.